The van der Waals surface area contributed by atoms with E-state index in [-0.39, 0.29) is 5.78 Å². The van der Waals surface area contributed by atoms with Gasteiger partial charge >= 0.3 is 0 Å². The molecule has 0 amide bonds. The molecule has 0 bridgehead atoms. The van der Waals surface area contributed by atoms with Gasteiger partial charge in [-0.15, -0.1) is 0 Å². The lowest BCUT2D eigenvalue weighted by Gasteiger charge is -1.79. The topological polar surface area (TPSA) is 17.1 Å². The highest BCUT2D eigenvalue weighted by Gasteiger charge is 1.90. The molecule has 0 saturated heterocycles. The zero-order valence-corrected chi connectivity index (χ0v) is 5.13. The fraction of sp³-hybridized carbons (Fsp3) is 0.400. The Morgan fingerprint density at radius 1 is 1.57 bits per heavy atom. The van der Waals surface area contributed by atoms with Gasteiger partial charge in [0.15, 0.2) is 5.78 Å². The summed E-state index contributed by atoms with van der Waals surface area (Å²) in [6.45, 7) is 3.12. The molecule has 1 nitrogen and oxygen atoms in total. The van der Waals surface area contributed by atoms with Crippen LogP contribution in [0.3, 0.4) is 0 Å². The average molecular weight is 114 g/mol. The molecule has 7 heavy (non-hydrogen) atoms. The zero-order valence-electron chi connectivity index (χ0n) is 4.32. The lowest BCUT2D eigenvalue weighted by Crippen LogP contribution is -1.89. The summed E-state index contributed by atoms with van der Waals surface area (Å²) in [5.74, 6) is -0.00463. The quantitative estimate of drug-likeness (QED) is 0.375. The van der Waals surface area contributed by atoms with Gasteiger partial charge in [0.2, 0.25) is 0 Å². The van der Waals surface area contributed by atoms with Crippen molar-refractivity contribution in [3.05, 3.63) is 5.57 Å². The average Bonchev–Trinajstić information content (AvgIpc) is 1.65. The molecule has 0 aromatic carbocycles. The molecule has 0 fully saturated rings. The largest absolute Gasteiger partial charge is 0.294 e. The molecule has 0 aliphatic rings. The molecule has 0 unspecified atom stereocenters. The van der Waals surface area contributed by atoms with Gasteiger partial charge in [0.05, 0.1) is 0 Å². The van der Waals surface area contributed by atoms with Crippen LogP contribution in [-0.4, -0.2) is 10.8 Å². The van der Waals surface area contributed by atoms with Gasteiger partial charge < -0.3 is 0 Å². The zero-order chi connectivity index (χ0) is 5.86. The van der Waals surface area contributed by atoms with Gasteiger partial charge in [-0.2, -0.15) is 0 Å². The first-order chi connectivity index (χ1) is 3.18. The van der Waals surface area contributed by atoms with Crippen LogP contribution >= 0.6 is 12.2 Å². The standard InChI is InChI=1S/C5H6OS/c1-4(3-7)5(2)6/h1-2H3. The summed E-state index contributed by atoms with van der Waals surface area (Å²) in [7, 11) is 0. The highest BCUT2D eigenvalue weighted by molar-refractivity contribution is 7.78. The first-order valence-electron chi connectivity index (χ1n) is 1.91. The fourth-order valence-corrected chi connectivity index (χ4v) is 0.216. The minimum atomic E-state index is -0.00463. The molecule has 0 radical (unpaired) electrons. The summed E-state index contributed by atoms with van der Waals surface area (Å²) < 4.78 is 0. The Morgan fingerprint density at radius 2 is 2.00 bits per heavy atom. The third kappa shape index (κ3) is 2.26. The molecular weight excluding hydrogens is 108 g/mol. The molecule has 0 aliphatic heterocycles. The second-order valence-electron chi connectivity index (χ2n) is 1.28. The van der Waals surface area contributed by atoms with Crippen molar-refractivity contribution >= 4 is 23.0 Å². The summed E-state index contributed by atoms with van der Waals surface area (Å²) >= 11 is 4.34. The summed E-state index contributed by atoms with van der Waals surface area (Å²) in [6, 6.07) is 0. The third-order valence-corrected chi connectivity index (χ3v) is 0.987. The van der Waals surface area contributed by atoms with Crippen molar-refractivity contribution in [2.45, 2.75) is 13.8 Å². The first-order valence-corrected chi connectivity index (χ1v) is 2.32. The Balaban J connectivity index is 4.10. The van der Waals surface area contributed by atoms with Crippen LogP contribution in [0.2, 0.25) is 0 Å². The Hall–Kier alpha value is -0.460. The second-order valence-corrected chi connectivity index (χ2v) is 1.49. The number of allylic oxidation sites excluding steroid dienone is 1. The van der Waals surface area contributed by atoms with Crippen LogP contribution in [0.1, 0.15) is 13.8 Å². The van der Waals surface area contributed by atoms with E-state index in [9.17, 15) is 4.79 Å². The Bertz CT molecular complexity index is 131. The van der Waals surface area contributed by atoms with Crippen LogP contribution in [0.4, 0.5) is 0 Å². The molecule has 0 saturated carbocycles. The van der Waals surface area contributed by atoms with E-state index in [1.165, 1.54) is 6.92 Å². The van der Waals surface area contributed by atoms with Gasteiger partial charge in [-0.05, 0) is 31.1 Å². The number of thiocarbonyl (C=S) groups is 1. The molecule has 0 spiro atoms. The molecule has 38 valence electrons. The molecule has 0 rings (SSSR count). The van der Waals surface area contributed by atoms with Crippen LogP contribution in [-0.2, 0) is 4.79 Å². The van der Waals surface area contributed by atoms with Crippen LogP contribution < -0.4 is 0 Å². The monoisotopic (exact) mass is 114 g/mol. The predicted molar refractivity (Wildman–Crippen MR) is 32.5 cm³/mol. The molecule has 0 N–H and O–H groups in total. The van der Waals surface area contributed by atoms with Gasteiger partial charge in [-0.1, -0.05) is 0 Å². The minimum Gasteiger partial charge on any atom is -0.294 e. The highest BCUT2D eigenvalue weighted by atomic mass is 32.1. The van der Waals surface area contributed by atoms with Crippen molar-refractivity contribution < 1.29 is 4.79 Å². The normalized spacial score (nSPS) is 7.14. The Kier molecular flexibility index (Phi) is 2.49. The van der Waals surface area contributed by atoms with Crippen molar-refractivity contribution in [3.8, 4) is 0 Å². The number of rotatable bonds is 1. The molecular formula is C5H6OS. The van der Waals surface area contributed by atoms with Crippen LogP contribution in [0, 0.1) is 0 Å². The minimum absolute atomic E-state index is 0.00463. The van der Waals surface area contributed by atoms with Crippen LogP contribution in [0.15, 0.2) is 5.57 Å². The highest BCUT2D eigenvalue weighted by Crippen LogP contribution is 1.84. The molecule has 0 aromatic heterocycles. The van der Waals surface area contributed by atoms with Crippen LogP contribution in [0.25, 0.3) is 0 Å². The first kappa shape index (κ1) is 6.54. The van der Waals surface area contributed by atoms with Gasteiger partial charge in [-0.25, -0.2) is 0 Å². The van der Waals surface area contributed by atoms with Crippen molar-refractivity contribution in [2.75, 3.05) is 0 Å². The number of carbonyl (C=O) groups excluding carboxylic acids is 1. The summed E-state index contributed by atoms with van der Waals surface area (Å²) in [4.78, 5) is 10.2. The number of carbonyl (C=O) groups is 1. The Morgan fingerprint density at radius 3 is 2.00 bits per heavy atom. The van der Waals surface area contributed by atoms with E-state index in [0.717, 1.165) is 0 Å². The van der Waals surface area contributed by atoms with Crippen molar-refractivity contribution in [3.63, 3.8) is 0 Å². The SMILES string of the molecule is CC(=O)C(C)=C=S. The van der Waals surface area contributed by atoms with Gasteiger partial charge in [0.1, 0.15) is 0 Å². The lowest BCUT2D eigenvalue weighted by molar-refractivity contribution is -0.113. The second kappa shape index (κ2) is 2.67. The van der Waals surface area contributed by atoms with Crippen molar-refractivity contribution in [1.82, 2.24) is 0 Å². The van der Waals surface area contributed by atoms with Gasteiger partial charge in [0.25, 0.3) is 0 Å². The lowest BCUT2D eigenvalue weighted by atomic mass is 10.3. The number of ketones is 1. The van der Waals surface area contributed by atoms with E-state index in [0.29, 0.717) is 5.57 Å². The molecule has 0 heterocycles. The molecule has 0 atom stereocenters. The predicted octanol–water partition coefficient (Wildman–Crippen LogP) is 1.12. The molecule has 0 aliphatic carbocycles. The van der Waals surface area contributed by atoms with E-state index in [4.69, 9.17) is 0 Å². The van der Waals surface area contributed by atoms with Crippen molar-refractivity contribution in [1.29, 1.82) is 0 Å². The fourth-order valence-electron chi connectivity index (χ4n) is 0.0719. The molecule has 2 heteroatoms. The van der Waals surface area contributed by atoms with E-state index >= 15 is 0 Å². The maximum absolute atomic E-state index is 10.2. The van der Waals surface area contributed by atoms with Gasteiger partial charge in [0, 0.05) is 5.57 Å². The van der Waals surface area contributed by atoms with E-state index in [1.807, 2.05) is 0 Å². The van der Waals surface area contributed by atoms with E-state index < -0.39 is 0 Å². The Labute approximate surface area is 48.0 Å². The van der Waals surface area contributed by atoms with Crippen molar-refractivity contribution in [2.24, 2.45) is 0 Å². The van der Waals surface area contributed by atoms with E-state index in [2.05, 4.69) is 17.2 Å². The summed E-state index contributed by atoms with van der Waals surface area (Å²) in [5.41, 5.74) is 0.523. The maximum atomic E-state index is 10.2. The number of hydrogen-bond acceptors (Lipinski definition) is 2. The van der Waals surface area contributed by atoms with Gasteiger partial charge in [-0.3, -0.25) is 4.79 Å². The number of Topliss-reactive ketones (excluding diaryl/α,β-unsaturated/α-hetero) is 1. The number of hydrogen-bond donors (Lipinski definition) is 0. The van der Waals surface area contributed by atoms with E-state index in [1.54, 1.807) is 6.92 Å². The third-order valence-electron chi connectivity index (χ3n) is 0.681. The maximum Gasteiger partial charge on any atom is 0.164 e. The van der Waals surface area contributed by atoms with Crippen LogP contribution in [0.5, 0.6) is 0 Å². The molecule has 0 aromatic rings. The summed E-state index contributed by atoms with van der Waals surface area (Å²) in [5, 5.41) is 2.31. The smallest absolute Gasteiger partial charge is 0.164 e. The summed E-state index contributed by atoms with van der Waals surface area (Å²) in [6.07, 6.45) is 0.